The summed E-state index contributed by atoms with van der Waals surface area (Å²) >= 11 is 0. The van der Waals surface area contributed by atoms with Crippen molar-refractivity contribution in [1.29, 1.82) is 0 Å². The summed E-state index contributed by atoms with van der Waals surface area (Å²) in [5, 5.41) is 13.1. The van der Waals surface area contributed by atoms with Crippen molar-refractivity contribution in [3.05, 3.63) is 42.8 Å². The van der Waals surface area contributed by atoms with Crippen LogP contribution in [-0.4, -0.2) is 57.6 Å². The number of H-pyrrole nitrogens is 1. The minimum atomic E-state index is 0.301. The number of nitrogens with zero attached hydrogens (tertiary/aromatic N) is 9. The predicted octanol–water partition coefficient (Wildman–Crippen LogP) is 1.11. The summed E-state index contributed by atoms with van der Waals surface area (Å²) in [6.07, 6.45) is 9.10. The van der Waals surface area contributed by atoms with Gasteiger partial charge in [0.15, 0.2) is 17.3 Å². The molecule has 0 amide bonds. The zero-order chi connectivity index (χ0) is 18.2. The molecule has 4 aromatic rings. The van der Waals surface area contributed by atoms with Crippen LogP contribution in [0.25, 0.3) is 11.2 Å². The van der Waals surface area contributed by atoms with E-state index < -0.39 is 0 Å². The lowest BCUT2D eigenvalue weighted by molar-refractivity contribution is 0.475. The molecule has 10 nitrogen and oxygen atoms in total. The Balaban J connectivity index is 1.40. The van der Waals surface area contributed by atoms with Crippen molar-refractivity contribution in [3.8, 4) is 0 Å². The van der Waals surface area contributed by atoms with Gasteiger partial charge in [0, 0.05) is 38.4 Å². The first-order valence-corrected chi connectivity index (χ1v) is 9.04. The topological polar surface area (TPSA) is 106 Å². The van der Waals surface area contributed by atoms with Gasteiger partial charge in [-0.15, -0.1) is 10.2 Å². The van der Waals surface area contributed by atoms with E-state index in [1.54, 1.807) is 18.9 Å². The van der Waals surface area contributed by atoms with Crippen molar-refractivity contribution in [2.75, 3.05) is 18.0 Å². The summed E-state index contributed by atoms with van der Waals surface area (Å²) in [7, 11) is 2.03. The fourth-order valence-electron chi connectivity index (χ4n) is 3.78. The minimum Gasteiger partial charge on any atom is -0.354 e. The Morgan fingerprint density at radius 1 is 1.22 bits per heavy atom. The maximum Gasteiger partial charge on any atom is 0.182 e. The van der Waals surface area contributed by atoms with E-state index >= 15 is 0 Å². The largest absolute Gasteiger partial charge is 0.354 e. The van der Waals surface area contributed by atoms with Gasteiger partial charge in [-0.2, -0.15) is 5.10 Å². The van der Waals surface area contributed by atoms with Crippen LogP contribution in [0, 0.1) is 0 Å². The summed E-state index contributed by atoms with van der Waals surface area (Å²) in [5.41, 5.74) is 1.58. The molecule has 1 fully saturated rings. The molecular weight excluding hydrogens is 344 g/mol. The average Bonchev–Trinajstić information content (AvgIpc) is 3.44. The maximum absolute atomic E-state index is 4.50. The molecule has 5 rings (SSSR count). The smallest absolute Gasteiger partial charge is 0.182 e. The molecule has 0 aromatic carbocycles. The third kappa shape index (κ3) is 2.82. The van der Waals surface area contributed by atoms with Crippen LogP contribution in [0.5, 0.6) is 0 Å². The Kier molecular flexibility index (Phi) is 3.80. The van der Waals surface area contributed by atoms with E-state index in [1.165, 1.54) is 0 Å². The molecule has 138 valence electrons. The Bertz CT molecular complexity index is 1050. The van der Waals surface area contributed by atoms with Crippen LogP contribution in [-0.2, 0) is 13.6 Å². The summed E-state index contributed by atoms with van der Waals surface area (Å²) in [6.45, 7) is 2.42. The van der Waals surface area contributed by atoms with Gasteiger partial charge in [-0.1, -0.05) is 0 Å². The van der Waals surface area contributed by atoms with Crippen molar-refractivity contribution in [2.45, 2.75) is 25.3 Å². The average molecular weight is 364 g/mol. The van der Waals surface area contributed by atoms with Crippen molar-refractivity contribution in [2.24, 2.45) is 7.05 Å². The number of hydrogen-bond acceptors (Lipinski definition) is 7. The van der Waals surface area contributed by atoms with Gasteiger partial charge in [-0.25, -0.2) is 15.0 Å². The summed E-state index contributed by atoms with van der Waals surface area (Å²) < 4.78 is 3.96. The van der Waals surface area contributed by atoms with Crippen LogP contribution >= 0.6 is 0 Å². The van der Waals surface area contributed by atoms with Gasteiger partial charge in [0.1, 0.15) is 24.2 Å². The number of aromatic amines is 1. The molecular formula is C17H20N10. The van der Waals surface area contributed by atoms with Gasteiger partial charge in [-0.05, 0) is 18.9 Å². The molecule has 0 unspecified atom stereocenters. The van der Waals surface area contributed by atoms with Gasteiger partial charge in [-0.3, -0.25) is 4.68 Å². The second kappa shape index (κ2) is 6.45. The SMILES string of the molecule is Cn1c(Cn2cccn2)nnc1[C@@H]1CCCN(c2ncnc3nc[nH]c23)C1. The van der Waals surface area contributed by atoms with Crippen LogP contribution < -0.4 is 4.90 Å². The molecule has 27 heavy (non-hydrogen) atoms. The summed E-state index contributed by atoms with van der Waals surface area (Å²) in [4.78, 5) is 18.4. The zero-order valence-corrected chi connectivity index (χ0v) is 15.0. The summed E-state index contributed by atoms with van der Waals surface area (Å²) in [6, 6.07) is 1.91. The normalized spacial score (nSPS) is 17.7. The predicted molar refractivity (Wildman–Crippen MR) is 98.2 cm³/mol. The Morgan fingerprint density at radius 3 is 3.07 bits per heavy atom. The highest BCUT2D eigenvalue weighted by atomic mass is 15.3. The highest BCUT2D eigenvalue weighted by Crippen LogP contribution is 2.30. The monoisotopic (exact) mass is 364 g/mol. The number of aromatic nitrogens is 9. The van der Waals surface area contributed by atoms with Crippen LogP contribution in [0.3, 0.4) is 0 Å². The molecule has 1 aliphatic rings. The fraction of sp³-hybridized carbons (Fsp3) is 0.412. The van der Waals surface area contributed by atoms with Crippen molar-refractivity contribution < 1.29 is 0 Å². The van der Waals surface area contributed by atoms with E-state index in [4.69, 9.17) is 0 Å². The van der Waals surface area contributed by atoms with Crippen molar-refractivity contribution in [1.82, 2.24) is 44.5 Å². The molecule has 1 atom stereocenters. The Hall–Kier alpha value is -3.30. The number of piperidine rings is 1. The zero-order valence-electron chi connectivity index (χ0n) is 15.0. The van der Waals surface area contributed by atoms with Crippen LogP contribution in [0.4, 0.5) is 5.82 Å². The van der Waals surface area contributed by atoms with E-state index in [1.807, 2.05) is 24.0 Å². The quantitative estimate of drug-likeness (QED) is 0.578. The van der Waals surface area contributed by atoms with Crippen LogP contribution in [0.2, 0.25) is 0 Å². The van der Waals surface area contributed by atoms with Gasteiger partial charge < -0.3 is 14.5 Å². The lowest BCUT2D eigenvalue weighted by atomic mass is 9.97. The van der Waals surface area contributed by atoms with E-state index in [9.17, 15) is 0 Å². The highest BCUT2D eigenvalue weighted by molar-refractivity contribution is 5.82. The highest BCUT2D eigenvalue weighted by Gasteiger charge is 2.28. The van der Waals surface area contributed by atoms with Gasteiger partial charge >= 0.3 is 0 Å². The molecule has 0 radical (unpaired) electrons. The molecule has 5 heterocycles. The second-order valence-corrected chi connectivity index (χ2v) is 6.82. The third-order valence-corrected chi connectivity index (χ3v) is 5.15. The van der Waals surface area contributed by atoms with E-state index in [0.717, 1.165) is 48.9 Å². The first-order chi connectivity index (χ1) is 13.3. The third-order valence-electron chi connectivity index (χ3n) is 5.15. The molecule has 1 aliphatic heterocycles. The Morgan fingerprint density at radius 2 is 2.19 bits per heavy atom. The van der Waals surface area contributed by atoms with E-state index in [2.05, 4.69) is 44.7 Å². The van der Waals surface area contributed by atoms with Crippen molar-refractivity contribution >= 4 is 17.0 Å². The van der Waals surface area contributed by atoms with Crippen molar-refractivity contribution in [3.63, 3.8) is 0 Å². The standard InChI is InChI=1S/C17H20N10/c1-25-13(9-27-7-3-5-22-27)23-24-16(25)12-4-2-6-26(8-12)17-14-15(19-10-18-14)20-11-21-17/h3,5,7,10-12H,2,4,6,8-9H2,1H3,(H,18,19,20,21)/t12-/m1/s1. The molecule has 1 N–H and O–H groups in total. The fourth-order valence-corrected chi connectivity index (χ4v) is 3.78. The second-order valence-electron chi connectivity index (χ2n) is 6.82. The Labute approximate surface area is 155 Å². The molecule has 0 aliphatic carbocycles. The van der Waals surface area contributed by atoms with Gasteiger partial charge in [0.25, 0.3) is 0 Å². The number of fused-ring (bicyclic) bond motifs is 1. The number of imidazole rings is 1. The number of anilines is 1. The molecule has 0 saturated carbocycles. The molecule has 0 spiro atoms. The lowest BCUT2D eigenvalue weighted by Crippen LogP contribution is -2.36. The van der Waals surface area contributed by atoms with Gasteiger partial charge in [0.2, 0.25) is 0 Å². The molecule has 1 saturated heterocycles. The first-order valence-electron chi connectivity index (χ1n) is 9.04. The number of hydrogen-bond donors (Lipinski definition) is 1. The lowest BCUT2D eigenvalue weighted by Gasteiger charge is -2.33. The maximum atomic E-state index is 4.50. The molecule has 4 aromatic heterocycles. The molecule has 0 bridgehead atoms. The van der Waals surface area contributed by atoms with Gasteiger partial charge in [0.05, 0.1) is 6.33 Å². The van der Waals surface area contributed by atoms with E-state index in [-0.39, 0.29) is 0 Å². The van der Waals surface area contributed by atoms with Crippen LogP contribution in [0.1, 0.15) is 30.4 Å². The summed E-state index contributed by atoms with van der Waals surface area (Å²) in [5.74, 6) is 3.12. The van der Waals surface area contributed by atoms with Crippen LogP contribution in [0.15, 0.2) is 31.1 Å². The van der Waals surface area contributed by atoms with E-state index in [0.29, 0.717) is 18.1 Å². The minimum absolute atomic E-state index is 0.301. The first kappa shape index (κ1) is 15.9. The number of nitrogens with one attached hydrogen (secondary N) is 1. The molecule has 10 heteroatoms. The number of rotatable bonds is 4.